The predicted molar refractivity (Wildman–Crippen MR) is 115 cm³/mol. The second kappa shape index (κ2) is 8.27. The molecule has 4 aromatic rings. The van der Waals surface area contributed by atoms with Gasteiger partial charge in [-0.1, -0.05) is 42.5 Å². The van der Waals surface area contributed by atoms with Crippen LogP contribution in [0.2, 0.25) is 0 Å². The molecule has 2 heterocycles. The summed E-state index contributed by atoms with van der Waals surface area (Å²) in [6, 6.07) is 16.3. The van der Waals surface area contributed by atoms with E-state index in [2.05, 4.69) is 45.7 Å². The molecule has 28 heavy (non-hydrogen) atoms. The summed E-state index contributed by atoms with van der Waals surface area (Å²) in [5, 5.41) is 9.95. The van der Waals surface area contributed by atoms with Gasteiger partial charge >= 0.3 is 6.03 Å². The van der Waals surface area contributed by atoms with Gasteiger partial charge < -0.3 is 15.6 Å². The van der Waals surface area contributed by atoms with Gasteiger partial charge in [0.25, 0.3) is 0 Å². The molecule has 6 heteroatoms. The summed E-state index contributed by atoms with van der Waals surface area (Å²) < 4.78 is 0. The van der Waals surface area contributed by atoms with Gasteiger partial charge in [0.15, 0.2) is 0 Å². The zero-order valence-corrected chi connectivity index (χ0v) is 16.5. The summed E-state index contributed by atoms with van der Waals surface area (Å²) >= 11 is 1.59. The Morgan fingerprint density at radius 2 is 2.00 bits per heavy atom. The number of carbonyl (C=O) groups is 1. The molecule has 0 fully saturated rings. The van der Waals surface area contributed by atoms with Gasteiger partial charge in [0, 0.05) is 34.6 Å². The number of fused-ring (bicyclic) bond motifs is 1. The topological polar surface area (TPSA) is 69.8 Å². The maximum Gasteiger partial charge on any atom is 0.315 e. The molecule has 4 rings (SSSR count). The molecule has 0 aliphatic carbocycles. The summed E-state index contributed by atoms with van der Waals surface area (Å²) in [6.07, 6.45) is 2.80. The number of urea groups is 1. The molecule has 2 aromatic heterocycles. The van der Waals surface area contributed by atoms with E-state index in [0.717, 1.165) is 28.2 Å². The van der Waals surface area contributed by atoms with Crippen molar-refractivity contribution in [1.82, 2.24) is 20.6 Å². The fourth-order valence-corrected chi connectivity index (χ4v) is 3.98. The standard InChI is InChI=1S/C22H22N4OS/c1-15-7-8-19-17(12-24-20(19)11-15)9-10-23-22(27)25-13-18-14-28-21(26-18)16-5-3-2-4-6-16/h2-8,11-12,14,24H,9-10,13H2,1H3,(H2,23,25,27). The van der Waals surface area contributed by atoms with E-state index in [9.17, 15) is 4.79 Å². The Hall–Kier alpha value is -3.12. The zero-order valence-electron chi connectivity index (χ0n) is 15.7. The Bertz CT molecular complexity index is 1080. The van der Waals surface area contributed by atoms with Crippen molar-refractivity contribution >= 4 is 28.3 Å². The molecule has 142 valence electrons. The number of hydrogen-bond acceptors (Lipinski definition) is 3. The number of rotatable bonds is 6. The lowest BCUT2D eigenvalue weighted by Crippen LogP contribution is -2.36. The van der Waals surface area contributed by atoms with Crippen LogP contribution in [-0.4, -0.2) is 22.5 Å². The SMILES string of the molecule is Cc1ccc2c(CCNC(=O)NCc3csc(-c4ccccc4)n3)c[nH]c2c1. The molecular formula is C22H22N4OS. The van der Waals surface area contributed by atoms with Crippen molar-refractivity contribution in [2.24, 2.45) is 0 Å². The van der Waals surface area contributed by atoms with Crippen LogP contribution >= 0.6 is 11.3 Å². The first-order chi connectivity index (χ1) is 13.7. The van der Waals surface area contributed by atoms with Gasteiger partial charge in [-0.2, -0.15) is 0 Å². The van der Waals surface area contributed by atoms with Crippen molar-refractivity contribution < 1.29 is 4.79 Å². The Kier molecular flexibility index (Phi) is 5.39. The number of thiazole rings is 1. The van der Waals surface area contributed by atoms with Gasteiger partial charge in [0.2, 0.25) is 0 Å². The maximum atomic E-state index is 12.1. The fourth-order valence-electron chi connectivity index (χ4n) is 3.15. The fraction of sp³-hybridized carbons (Fsp3) is 0.182. The summed E-state index contributed by atoms with van der Waals surface area (Å²) in [5.74, 6) is 0. The van der Waals surface area contributed by atoms with E-state index in [1.807, 2.05) is 41.9 Å². The van der Waals surface area contributed by atoms with E-state index >= 15 is 0 Å². The Balaban J connectivity index is 1.25. The first-order valence-electron chi connectivity index (χ1n) is 9.27. The third-order valence-corrected chi connectivity index (χ3v) is 5.55. The zero-order chi connectivity index (χ0) is 19.3. The van der Waals surface area contributed by atoms with Crippen molar-refractivity contribution in [3.63, 3.8) is 0 Å². The van der Waals surface area contributed by atoms with Gasteiger partial charge in [-0.3, -0.25) is 0 Å². The average Bonchev–Trinajstić information content (AvgIpc) is 3.34. The van der Waals surface area contributed by atoms with E-state index < -0.39 is 0 Å². The van der Waals surface area contributed by atoms with Crippen LogP contribution in [0, 0.1) is 6.92 Å². The number of benzene rings is 2. The molecule has 3 N–H and O–H groups in total. The molecule has 0 unspecified atom stereocenters. The van der Waals surface area contributed by atoms with Gasteiger partial charge in [-0.25, -0.2) is 9.78 Å². The molecule has 0 atom stereocenters. The number of aromatic nitrogens is 2. The second-order valence-corrected chi connectivity index (χ2v) is 7.59. The normalized spacial score (nSPS) is 10.9. The average molecular weight is 391 g/mol. The number of amides is 2. The molecule has 0 spiro atoms. The Morgan fingerprint density at radius 1 is 1.14 bits per heavy atom. The quantitative estimate of drug-likeness (QED) is 0.449. The molecular weight excluding hydrogens is 368 g/mol. The van der Waals surface area contributed by atoms with Crippen molar-refractivity contribution in [2.45, 2.75) is 19.9 Å². The monoisotopic (exact) mass is 390 g/mol. The lowest BCUT2D eigenvalue weighted by atomic mass is 10.1. The third-order valence-electron chi connectivity index (χ3n) is 4.61. The highest BCUT2D eigenvalue weighted by atomic mass is 32.1. The first kappa shape index (κ1) is 18.3. The van der Waals surface area contributed by atoms with Crippen LogP contribution in [0.3, 0.4) is 0 Å². The van der Waals surface area contributed by atoms with Crippen LogP contribution in [0.5, 0.6) is 0 Å². The minimum atomic E-state index is -0.176. The molecule has 2 amide bonds. The maximum absolute atomic E-state index is 12.1. The lowest BCUT2D eigenvalue weighted by molar-refractivity contribution is 0.240. The molecule has 5 nitrogen and oxygen atoms in total. The second-order valence-electron chi connectivity index (χ2n) is 6.73. The number of H-pyrrole nitrogens is 1. The third kappa shape index (κ3) is 4.23. The number of hydrogen-bond donors (Lipinski definition) is 3. The molecule has 2 aromatic carbocycles. The smallest absolute Gasteiger partial charge is 0.315 e. The molecule has 0 radical (unpaired) electrons. The van der Waals surface area contributed by atoms with Crippen LogP contribution in [0.1, 0.15) is 16.8 Å². The van der Waals surface area contributed by atoms with Crippen molar-refractivity contribution in [3.05, 3.63) is 76.9 Å². The van der Waals surface area contributed by atoms with E-state index in [-0.39, 0.29) is 6.03 Å². The molecule has 0 saturated heterocycles. The number of nitrogens with zero attached hydrogens (tertiary/aromatic N) is 1. The Morgan fingerprint density at radius 3 is 2.86 bits per heavy atom. The van der Waals surface area contributed by atoms with Crippen molar-refractivity contribution in [3.8, 4) is 10.6 Å². The summed E-state index contributed by atoms with van der Waals surface area (Å²) in [6.45, 7) is 3.08. The van der Waals surface area contributed by atoms with E-state index in [4.69, 9.17) is 0 Å². The van der Waals surface area contributed by atoms with E-state index in [1.54, 1.807) is 11.3 Å². The summed E-state index contributed by atoms with van der Waals surface area (Å²) in [4.78, 5) is 20.0. The highest BCUT2D eigenvalue weighted by Crippen LogP contribution is 2.23. The predicted octanol–water partition coefficient (Wildman–Crippen LogP) is 4.64. The van der Waals surface area contributed by atoms with Crippen LogP contribution in [-0.2, 0) is 13.0 Å². The molecule has 0 aliphatic heterocycles. The van der Waals surface area contributed by atoms with Crippen LogP contribution in [0.25, 0.3) is 21.5 Å². The number of nitrogens with one attached hydrogen (secondary N) is 3. The molecule has 0 bridgehead atoms. The Labute approximate surface area is 167 Å². The van der Waals surface area contributed by atoms with Gasteiger partial charge in [-0.05, 0) is 30.5 Å². The summed E-state index contributed by atoms with van der Waals surface area (Å²) in [7, 11) is 0. The van der Waals surface area contributed by atoms with Crippen molar-refractivity contribution in [1.29, 1.82) is 0 Å². The van der Waals surface area contributed by atoms with E-state index in [0.29, 0.717) is 13.1 Å². The highest BCUT2D eigenvalue weighted by Gasteiger charge is 2.07. The number of carbonyl (C=O) groups excluding carboxylic acids is 1. The number of aryl methyl sites for hydroxylation is 1. The van der Waals surface area contributed by atoms with Crippen molar-refractivity contribution in [2.75, 3.05) is 6.54 Å². The summed E-state index contributed by atoms with van der Waals surface area (Å²) in [5.41, 5.74) is 5.54. The van der Waals surface area contributed by atoms with Gasteiger partial charge in [-0.15, -0.1) is 11.3 Å². The van der Waals surface area contributed by atoms with Gasteiger partial charge in [0.1, 0.15) is 5.01 Å². The minimum Gasteiger partial charge on any atom is -0.361 e. The van der Waals surface area contributed by atoms with Gasteiger partial charge in [0.05, 0.1) is 12.2 Å². The molecule has 0 saturated carbocycles. The lowest BCUT2D eigenvalue weighted by Gasteiger charge is -2.06. The van der Waals surface area contributed by atoms with E-state index in [1.165, 1.54) is 16.5 Å². The first-order valence-corrected chi connectivity index (χ1v) is 10.1. The largest absolute Gasteiger partial charge is 0.361 e. The molecule has 0 aliphatic rings. The van der Waals surface area contributed by atoms with Crippen LogP contribution in [0.15, 0.2) is 60.1 Å². The van der Waals surface area contributed by atoms with Crippen LogP contribution in [0.4, 0.5) is 4.79 Å². The highest BCUT2D eigenvalue weighted by molar-refractivity contribution is 7.13. The van der Waals surface area contributed by atoms with Crippen LogP contribution < -0.4 is 10.6 Å². The minimum absolute atomic E-state index is 0.176. The number of aromatic amines is 1.